The Balaban J connectivity index is 1.35. The molecule has 0 radical (unpaired) electrons. The molecule has 6 heteroatoms. The molecule has 6 nitrogen and oxygen atoms in total. The van der Waals surface area contributed by atoms with Crippen LogP contribution in [-0.4, -0.2) is 79.0 Å². The van der Waals surface area contributed by atoms with Crippen LogP contribution in [0.15, 0.2) is 0 Å². The highest BCUT2D eigenvalue weighted by Gasteiger charge is 2.41. The highest BCUT2D eigenvalue weighted by atomic mass is 16.2. The minimum Gasteiger partial charge on any atom is -0.342 e. The van der Waals surface area contributed by atoms with Crippen molar-refractivity contribution < 1.29 is 9.59 Å². The fourth-order valence-electron chi connectivity index (χ4n) is 4.75. The van der Waals surface area contributed by atoms with E-state index in [2.05, 4.69) is 10.2 Å². The fraction of sp³-hybridized carbons (Fsp3) is 0.882. The summed E-state index contributed by atoms with van der Waals surface area (Å²) in [5.41, 5.74) is 0. The van der Waals surface area contributed by atoms with E-state index >= 15 is 0 Å². The Morgan fingerprint density at radius 2 is 1.43 bits per heavy atom. The molecule has 3 atom stereocenters. The Morgan fingerprint density at radius 1 is 0.783 bits per heavy atom. The van der Waals surface area contributed by atoms with Crippen molar-refractivity contribution in [3.05, 3.63) is 0 Å². The van der Waals surface area contributed by atoms with E-state index in [9.17, 15) is 9.59 Å². The van der Waals surface area contributed by atoms with E-state index in [1.807, 2.05) is 9.80 Å². The van der Waals surface area contributed by atoms with Gasteiger partial charge in [0.05, 0.1) is 5.92 Å². The van der Waals surface area contributed by atoms with E-state index in [4.69, 9.17) is 0 Å². The summed E-state index contributed by atoms with van der Waals surface area (Å²) in [7, 11) is 0. The summed E-state index contributed by atoms with van der Waals surface area (Å²) >= 11 is 0. The fourth-order valence-corrected chi connectivity index (χ4v) is 4.75. The predicted molar refractivity (Wildman–Crippen MR) is 86.9 cm³/mol. The third-order valence-corrected chi connectivity index (χ3v) is 6.12. The number of amides is 3. The average Bonchev–Trinajstić information content (AvgIpc) is 3.29. The first-order valence-corrected chi connectivity index (χ1v) is 9.26. The number of urea groups is 1. The second-order valence-corrected chi connectivity index (χ2v) is 7.68. The van der Waals surface area contributed by atoms with Crippen LogP contribution >= 0.6 is 0 Å². The molecular weight excluding hydrogens is 292 g/mol. The van der Waals surface area contributed by atoms with Crippen molar-refractivity contribution in [2.24, 2.45) is 17.8 Å². The van der Waals surface area contributed by atoms with Crippen molar-refractivity contribution >= 4 is 11.9 Å². The summed E-state index contributed by atoms with van der Waals surface area (Å²) in [5, 5.41) is 3.42. The Morgan fingerprint density at radius 3 is 2.13 bits per heavy atom. The van der Waals surface area contributed by atoms with Gasteiger partial charge in [-0.1, -0.05) is 0 Å². The van der Waals surface area contributed by atoms with Gasteiger partial charge in [-0.3, -0.25) is 4.79 Å². The number of nitrogens with zero attached hydrogens (tertiary/aromatic N) is 3. The van der Waals surface area contributed by atoms with Crippen LogP contribution in [0.1, 0.15) is 25.7 Å². The van der Waals surface area contributed by atoms with Crippen LogP contribution in [0.5, 0.6) is 0 Å². The van der Waals surface area contributed by atoms with Crippen LogP contribution in [0.3, 0.4) is 0 Å². The third-order valence-electron chi connectivity index (χ3n) is 6.12. The topological polar surface area (TPSA) is 55.9 Å². The molecule has 3 amide bonds. The maximum absolute atomic E-state index is 12.9. The molecule has 0 aliphatic carbocycles. The first kappa shape index (κ1) is 15.2. The van der Waals surface area contributed by atoms with Gasteiger partial charge in [-0.05, 0) is 37.5 Å². The number of rotatable bonds is 1. The minimum absolute atomic E-state index is 0.0158. The summed E-state index contributed by atoms with van der Waals surface area (Å²) in [6.45, 7) is 7.14. The van der Waals surface area contributed by atoms with E-state index in [0.717, 1.165) is 71.5 Å². The van der Waals surface area contributed by atoms with Gasteiger partial charge in [0.1, 0.15) is 0 Å². The molecule has 4 rings (SSSR count). The van der Waals surface area contributed by atoms with Crippen molar-refractivity contribution in [2.45, 2.75) is 25.7 Å². The first-order chi connectivity index (χ1) is 11.2. The standard InChI is InChI=1S/C17H28N4O2/c22-16(21-11-14-8-18-9-15(14)12-21)13-4-3-7-20(10-13)17(23)19-5-1-2-6-19/h13-15,18H,1-12H2/t13?,14-,15+. The number of piperidine rings is 1. The third kappa shape index (κ3) is 2.93. The number of fused-ring (bicyclic) bond motifs is 1. The number of carbonyl (C=O) groups excluding carboxylic acids is 2. The zero-order chi connectivity index (χ0) is 15.8. The van der Waals surface area contributed by atoms with Gasteiger partial charge in [0.25, 0.3) is 0 Å². The van der Waals surface area contributed by atoms with Crippen molar-refractivity contribution in [2.75, 3.05) is 52.4 Å². The molecule has 4 fully saturated rings. The summed E-state index contributed by atoms with van der Waals surface area (Å²) in [6, 6.07) is 0.155. The number of hydrogen-bond donors (Lipinski definition) is 1. The molecule has 0 saturated carbocycles. The molecule has 1 unspecified atom stereocenters. The second kappa shape index (κ2) is 6.30. The summed E-state index contributed by atoms with van der Waals surface area (Å²) in [4.78, 5) is 31.4. The van der Waals surface area contributed by atoms with Crippen molar-refractivity contribution in [3.8, 4) is 0 Å². The Bertz CT molecular complexity index is 465. The van der Waals surface area contributed by atoms with Crippen LogP contribution in [0, 0.1) is 17.8 Å². The average molecular weight is 320 g/mol. The molecule has 1 N–H and O–H groups in total. The molecular formula is C17H28N4O2. The minimum atomic E-state index is 0.0158. The van der Waals surface area contributed by atoms with Gasteiger partial charge in [0.2, 0.25) is 5.91 Å². The molecule has 0 spiro atoms. The number of likely N-dealkylation sites (tertiary alicyclic amines) is 3. The van der Waals surface area contributed by atoms with Gasteiger partial charge in [-0.25, -0.2) is 4.79 Å². The lowest BCUT2D eigenvalue weighted by Crippen LogP contribution is -2.50. The first-order valence-electron chi connectivity index (χ1n) is 9.26. The molecule has 23 heavy (non-hydrogen) atoms. The van der Waals surface area contributed by atoms with E-state index in [-0.39, 0.29) is 11.9 Å². The summed E-state index contributed by atoms with van der Waals surface area (Å²) in [6.07, 6.45) is 4.13. The highest BCUT2D eigenvalue weighted by Crippen LogP contribution is 2.29. The van der Waals surface area contributed by atoms with Crippen LogP contribution in [0.25, 0.3) is 0 Å². The summed E-state index contributed by atoms with van der Waals surface area (Å²) < 4.78 is 0. The van der Waals surface area contributed by atoms with Gasteiger partial charge < -0.3 is 20.0 Å². The van der Waals surface area contributed by atoms with Crippen LogP contribution in [0.2, 0.25) is 0 Å². The molecule has 0 aromatic rings. The smallest absolute Gasteiger partial charge is 0.320 e. The van der Waals surface area contributed by atoms with Crippen LogP contribution in [0.4, 0.5) is 4.79 Å². The van der Waals surface area contributed by atoms with Gasteiger partial charge in [-0.15, -0.1) is 0 Å². The molecule has 4 aliphatic heterocycles. The van der Waals surface area contributed by atoms with Crippen molar-refractivity contribution in [3.63, 3.8) is 0 Å². The summed E-state index contributed by atoms with van der Waals surface area (Å²) in [5.74, 6) is 1.59. The molecule has 0 aromatic carbocycles. The molecule has 4 aliphatic rings. The Labute approximate surface area is 138 Å². The molecule has 0 aromatic heterocycles. The second-order valence-electron chi connectivity index (χ2n) is 7.68. The quantitative estimate of drug-likeness (QED) is 0.769. The molecule has 4 heterocycles. The molecule has 0 bridgehead atoms. The molecule has 128 valence electrons. The SMILES string of the molecule is O=C(C1CCCN(C(=O)N2CCCC2)C1)N1C[C@H]2CNC[C@H]2C1. The van der Waals surface area contributed by atoms with Crippen molar-refractivity contribution in [1.82, 2.24) is 20.0 Å². The van der Waals surface area contributed by atoms with E-state index in [0.29, 0.717) is 24.3 Å². The Kier molecular flexibility index (Phi) is 4.18. The maximum atomic E-state index is 12.9. The zero-order valence-electron chi connectivity index (χ0n) is 13.9. The lowest BCUT2D eigenvalue weighted by Gasteiger charge is -2.36. The number of hydrogen-bond acceptors (Lipinski definition) is 3. The highest BCUT2D eigenvalue weighted by molar-refractivity contribution is 5.81. The lowest BCUT2D eigenvalue weighted by molar-refractivity contribution is -0.136. The normalized spacial score (nSPS) is 34.1. The molecule has 4 saturated heterocycles. The van der Waals surface area contributed by atoms with Crippen LogP contribution in [-0.2, 0) is 4.79 Å². The van der Waals surface area contributed by atoms with Crippen LogP contribution < -0.4 is 5.32 Å². The van der Waals surface area contributed by atoms with Gasteiger partial charge in [0.15, 0.2) is 0 Å². The monoisotopic (exact) mass is 320 g/mol. The van der Waals surface area contributed by atoms with Gasteiger partial charge >= 0.3 is 6.03 Å². The maximum Gasteiger partial charge on any atom is 0.320 e. The lowest BCUT2D eigenvalue weighted by atomic mass is 9.96. The van der Waals surface area contributed by atoms with Gasteiger partial charge in [0, 0.05) is 52.4 Å². The van der Waals surface area contributed by atoms with E-state index in [1.54, 1.807) is 0 Å². The van der Waals surface area contributed by atoms with Gasteiger partial charge in [-0.2, -0.15) is 0 Å². The Hall–Kier alpha value is -1.30. The number of carbonyl (C=O) groups is 2. The van der Waals surface area contributed by atoms with Crippen molar-refractivity contribution in [1.29, 1.82) is 0 Å². The predicted octanol–water partition coefficient (Wildman–Crippen LogP) is 0.592. The number of nitrogens with one attached hydrogen (secondary N) is 1. The zero-order valence-corrected chi connectivity index (χ0v) is 13.9. The van der Waals surface area contributed by atoms with E-state index in [1.165, 1.54) is 0 Å². The van der Waals surface area contributed by atoms with E-state index < -0.39 is 0 Å². The largest absolute Gasteiger partial charge is 0.342 e.